The lowest BCUT2D eigenvalue weighted by atomic mass is 10.0. The highest BCUT2D eigenvalue weighted by Gasteiger charge is 2.31. The zero-order chi connectivity index (χ0) is 16.3. The second-order valence-electron chi connectivity index (χ2n) is 5.01. The normalized spacial score (nSPS) is 11.7. The van der Waals surface area contributed by atoms with E-state index in [2.05, 4.69) is 12.2 Å². The lowest BCUT2D eigenvalue weighted by Crippen LogP contribution is -2.04. The monoisotopic (exact) mass is 329 g/mol. The number of unbranched alkanes of at least 4 members (excludes halogenated alkanes) is 1. The number of thiophene rings is 1. The summed E-state index contributed by atoms with van der Waals surface area (Å²) in [4.78, 5) is 0.804. The minimum Gasteiger partial charge on any atom is -0.506 e. The van der Waals surface area contributed by atoms with Gasteiger partial charge in [-0.2, -0.15) is 13.2 Å². The predicted molar refractivity (Wildman–Crippen MR) is 84.6 cm³/mol. The maximum absolute atomic E-state index is 12.9. The molecule has 0 fully saturated rings. The van der Waals surface area contributed by atoms with Gasteiger partial charge in [-0.05, 0) is 30.5 Å². The van der Waals surface area contributed by atoms with Crippen LogP contribution >= 0.6 is 11.3 Å². The van der Waals surface area contributed by atoms with Crippen LogP contribution in [0.4, 0.5) is 18.2 Å². The molecule has 1 aromatic carbocycles. The molecule has 0 spiro atoms. The largest absolute Gasteiger partial charge is 0.506 e. The number of nitrogens with one attached hydrogen (secondary N) is 1. The molecule has 0 aliphatic carbocycles. The van der Waals surface area contributed by atoms with Crippen molar-refractivity contribution in [2.45, 2.75) is 32.4 Å². The molecule has 0 aliphatic heterocycles. The van der Waals surface area contributed by atoms with Crippen molar-refractivity contribution < 1.29 is 18.3 Å². The number of hydrogen-bond donors (Lipinski definition) is 2. The van der Waals surface area contributed by atoms with Gasteiger partial charge in [0.1, 0.15) is 10.8 Å². The molecule has 0 atom stereocenters. The van der Waals surface area contributed by atoms with Gasteiger partial charge in [-0.1, -0.05) is 25.5 Å². The molecule has 0 radical (unpaired) electrons. The molecule has 0 saturated heterocycles. The topological polar surface area (TPSA) is 32.3 Å². The molecule has 120 valence electrons. The van der Waals surface area contributed by atoms with Crippen LogP contribution in [0.15, 0.2) is 24.3 Å². The Hall–Kier alpha value is -1.69. The number of aromatic hydroxyl groups is 1. The summed E-state index contributed by atoms with van der Waals surface area (Å²) in [7, 11) is 1.70. The van der Waals surface area contributed by atoms with Crippen LogP contribution in [0.3, 0.4) is 0 Å². The Kier molecular flexibility index (Phi) is 5.01. The molecule has 2 N–H and O–H groups in total. The molecular weight excluding hydrogens is 311 g/mol. The fourth-order valence-corrected chi connectivity index (χ4v) is 3.38. The van der Waals surface area contributed by atoms with Gasteiger partial charge in [-0.25, -0.2) is 0 Å². The highest BCUT2D eigenvalue weighted by atomic mass is 32.1. The number of benzene rings is 1. The Morgan fingerprint density at radius 1 is 1.27 bits per heavy atom. The molecule has 2 nitrogen and oxygen atoms in total. The molecule has 22 heavy (non-hydrogen) atoms. The van der Waals surface area contributed by atoms with E-state index in [9.17, 15) is 18.3 Å². The maximum atomic E-state index is 12.9. The van der Waals surface area contributed by atoms with Crippen LogP contribution in [-0.4, -0.2) is 12.2 Å². The van der Waals surface area contributed by atoms with E-state index in [4.69, 9.17) is 0 Å². The minimum absolute atomic E-state index is 0.0853. The zero-order valence-electron chi connectivity index (χ0n) is 12.4. The van der Waals surface area contributed by atoms with Crippen LogP contribution in [0.2, 0.25) is 0 Å². The van der Waals surface area contributed by atoms with Crippen molar-refractivity contribution in [1.82, 2.24) is 0 Å². The Balaban J connectivity index is 2.50. The first-order valence-corrected chi connectivity index (χ1v) is 7.90. The summed E-state index contributed by atoms with van der Waals surface area (Å²) >= 11 is 1.39. The Morgan fingerprint density at radius 3 is 2.59 bits per heavy atom. The van der Waals surface area contributed by atoms with Crippen LogP contribution in [0.25, 0.3) is 11.1 Å². The van der Waals surface area contributed by atoms with E-state index in [0.29, 0.717) is 16.1 Å². The lowest BCUT2D eigenvalue weighted by Gasteiger charge is -2.10. The Bertz CT molecular complexity index is 649. The molecular formula is C16H18F3NOS. The molecule has 1 heterocycles. The third-order valence-electron chi connectivity index (χ3n) is 3.42. The van der Waals surface area contributed by atoms with Gasteiger partial charge in [-0.3, -0.25) is 0 Å². The van der Waals surface area contributed by atoms with Gasteiger partial charge < -0.3 is 10.4 Å². The van der Waals surface area contributed by atoms with Crippen LogP contribution in [0, 0.1) is 0 Å². The molecule has 1 aromatic heterocycles. The van der Waals surface area contributed by atoms with Gasteiger partial charge in [0, 0.05) is 11.9 Å². The second-order valence-corrected chi connectivity index (χ2v) is 6.12. The van der Waals surface area contributed by atoms with Crippen LogP contribution in [0.1, 0.15) is 30.2 Å². The molecule has 0 bridgehead atoms. The summed E-state index contributed by atoms with van der Waals surface area (Å²) in [5.41, 5.74) is 0.105. The van der Waals surface area contributed by atoms with Gasteiger partial charge in [0.15, 0.2) is 0 Å². The standard InChI is InChI=1S/C16H18F3NOS/c1-3-4-8-12-14(21)13(15(20-2)22-12)10-6-5-7-11(9-10)16(17,18)19/h5-7,9,20-21H,3-4,8H2,1-2H3. The first-order chi connectivity index (χ1) is 10.4. The number of hydrogen-bond acceptors (Lipinski definition) is 3. The SMILES string of the molecule is CCCCc1sc(NC)c(-c2cccc(C(F)(F)F)c2)c1O. The van der Waals surface area contributed by atoms with Crippen LogP contribution < -0.4 is 5.32 Å². The number of anilines is 1. The zero-order valence-corrected chi connectivity index (χ0v) is 13.2. The van der Waals surface area contributed by atoms with E-state index in [-0.39, 0.29) is 5.75 Å². The fourth-order valence-electron chi connectivity index (χ4n) is 2.27. The first kappa shape index (κ1) is 16.7. The summed E-state index contributed by atoms with van der Waals surface area (Å²) in [6.45, 7) is 2.05. The summed E-state index contributed by atoms with van der Waals surface area (Å²) in [6.07, 6.45) is -1.75. The molecule has 2 aromatic rings. The summed E-state index contributed by atoms with van der Waals surface area (Å²) in [6, 6.07) is 5.05. The average Bonchev–Trinajstić information content (AvgIpc) is 2.80. The molecule has 0 saturated carbocycles. The van der Waals surface area contributed by atoms with Gasteiger partial charge >= 0.3 is 6.18 Å². The molecule has 2 rings (SSSR count). The van der Waals surface area contributed by atoms with Gasteiger partial charge in [-0.15, -0.1) is 11.3 Å². The van der Waals surface area contributed by atoms with Crippen molar-refractivity contribution >= 4 is 16.3 Å². The van der Waals surface area contributed by atoms with E-state index in [1.54, 1.807) is 13.1 Å². The maximum Gasteiger partial charge on any atom is 0.416 e. The van der Waals surface area contributed by atoms with E-state index in [1.807, 2.05) is 0 Å². The number of rotatable bonds is 5. The first-order valence-electron chi connectivity index (χ1n) is 7.08. The van der Waals surface area contributed by atoms with E-state index in [1.165, 1.54) is 17.4 Å². The molecule has 0 amide bonds. The fraction of sp³-hybridized carbons (Fsp3) is 0.375. The number of aryl methyl sites for hydroxylation is 1. The van der Waals surface area contributed by atoms with Gasteiger partial charge in [0.05, 0.1) is 11.1 Å². The van der Waals surface area contributed by atoms with E-state index >= 15 is 0 Å². The molecule has 6 heteroatoms. The van der Waals surface area contributed by atoms with Crippen molar-refractivity contribution in [3.05, 3.63) is 34.7 Å². The van der Waals surface area contributed by atoms with E-state index < -0.39 is 11.7 Å². The Morgan fingerprint density at radius 2 is 2.00 bits per heavy atom. The predicted octanol–water partition coefficient (Wildman–Crippen LogP) is 5.52. The highest BCUT2D eigenvalue weighted by Crippen LogP contribution is 2.46. The number of halogens is 3. The summed E-state index contributed by atoms with van der Waals surface area (Å²) in [5, 5.41) is 14.1. The number of alkyl halides is 3. The highest BCUT2D eigenvalue weighted by molar-refractivity contribution is 7.17. The third kappa shape index (κ3) is 3.38. The van der Waals surface area contributed by atoms with Gasteiger partial charge in [0.2, 0.25) is 0 Å². The van der Waals surface area contributed by atoms with Crippen molar-refractivity contribution in [2.24, 2.45) is 0 Å². The van der Waals surface area contributed by atoms with Crippen LogP contribution in [-0.2, 0) is 12.6 Å². The van der Waals surface area contributed by atoms with Crippen LogP contribution in [0.5, 0.6) is 5.75 Å². The lowest BCUT2D eigenvalue weighted by molar-refractivity contribution is -0.137. The summed E-state index contributed by atoms with van der Waals surface area (Å²) < 4.78 is 38.6. The van der Waals surface area contributed by atoms with E-state index in [0.717, 1.165) is 36.3 Å². The second kappa shape index (κ2) is 6.60. The van der Waals surface area contributed by atoms with Crippen molar-refractivity contribution in [3.63, 3.8) is 0 Å². The van der Waals surface area contributed by atoms with Crippen molar-refractivity contribution in [2.75, 3.05) is 12.4 Å². The minimum atomic E-state index is -4.40. The Labute approximate surface area is 131 Å². The average molecular weight is 329 g/mol. The van der Waals surface area contributed by atoms with Crippen molar-refractivity contribution in [3.8, 4) is 16.9 Å². The summed E-state index contributed by atoms with van der Waals surface area (Å²) in [5.74, 6) is 0.0853. The van der Waals surface area contributed by atoms with Gasteiger partial charge in [0.25, 0.3) is 0 Å². The smallest absolute Gasteiger partial charge is 0.416 e. The van der Waals surface area contributed by atoms with Crippen molar-refractivity contribution in [1.29, 1.82) is 0 Å². The molecule has 0 unspecified atom stereocenters. The third-order valence-corrected chi connectivity index (χ3v) is 4.67. The quantitative estimate of drug-likeness (QED) is 0.756. The molecule has 0 aliphatic rings.